The monoisotopic (exact) mass is 468 g/mol. The number of carbonyl (C=O) groups is 2. The smallest absolute Gasteiger partial charge is 0.320 e. The molecule has 4 nitrogen and oxygen atoms in total. The Labute approximate surface area is 202 Å². The topological polar surface area (TPSA) is 52.6 Å². The maximum atomic E-state index is 14.3. The highest BCUT2D eigenvalue weighted by Crippen LogP contribution is 2.48. The number of aryl methyl sites for hydroxylation is 3. The van der Waals surface area contributed by atoms with Crippen molar-refractivity contribution >= 4 is 23.5 Å². The minimum Gasteiger partial charge on any atom is -0.497 e. The van der Waals surface area contributed by atoms with Crippen molar-refractivity contribution in [1.29, 1.82) is 0 Å². The number of benzene rings is 2. The number of ether oxygens (including phenoxy) is 2. The molecule has 3 atom stereocenters. The first kappa shape index (κ1) is 25.4. The molecule has 0 saturated heterocycles. The van der Waals surface area contributed by atoms with Crippen LogP contribution in [-0.2, 0) is 20.1 Å². The Morgan fingerprint density at radius 3 is 2.27 bits per heavy atom. The molecule has 1 aliphatic rings. The SMILES string of the molecule is COC(=O)C(C(=O)C1(SCc2ccc(OC)cc2)CCCC(C)C1)c1c(C)cc(C)cc1C. The molecule has 178 valence electrons. The molecule has 0 N–H and O–H groups in total. The van der Waals surface area contributed by atoms with E-state index in [-0.39, 0.29) is 5.78 Å². The first-order chi connectivity index (χ1) is 15.7. The van der Waals surface area contributed by atoms with Gasteiger partial charge in [-0.15, -0.1) is 11.8 Å². The van der Waals surface area contributed by atoms with Crippen LogP contribution in [0.5, 0.6) is 5.75 Å². The van der Waals surface area contributed by atoms with Crippen LogP contribution in [0.4, 0.5) is 0 Å². The number of ketones is 1. The fourth-order valence-electron chi connectivity index (χ4n) is 5.26. The van der Waals surface area contributed by atoms with E-state index in [9.17, 15) is 9.59 Å². The standard InChI is InChI=1S/C28H36O4S/c1-18-8-7-13-28(16-18,33-17-22-9-11-23(31-5)12-10-22)26(29)25(27(30)32-6)24-20(3)14-19(2)15-21(24)4/h9-12,14-15,18,25H,7-8,13,16-17H2,1-6H3. The van der Waals surface area contributed by atoms with Crippen molar-refractivity contribution in [2.75, 3.05) is 14.2 Å². The molecule has 0 aromatic heterocycles. The van der Waals surface area contributed by atoms with Crippen molar-refractivity contribution in [2.45, 2.75) is 69.8 Å². The van der Waals surface area contributed by atoms with Gasteiger partial charge in [0.25, 0.3) is 0 Å². The third-order valence-electron chi connectivity index (χ3n) is 6.80. The molecule has 0 spiro atoms. The summed E-state index contributed by atoms with van der Waals surface area (Å²) in [7, 11) is 3.03. The molecule has 0 aliphatic heterocycles. The third kappa shape index (κ3) is 5.63. The van der Waals surface area contributed by atoms with E-state index in [1.54, 1.807) is 18.9 Å². The van der Waals surface area contributed by atoms with Crippen LogP contribution < -0.4 is 4.74 Å². The van der Waals surface area contributed by atoms with Crippen LogP contribution in [0.1, 0.15) is 66.3 Å². The van der Waals surface area contributed by atoms with Crippen LogP contribution in [0.15, 0.2) is 36.4 Å². The van der Waals surface area contributed by atoms with Crippen LogP contribution in [-0.4, -0.2) is 30.7 Å². The summed E-state index contributed by atoms with van der Waals surface area (Å²) < 4.78 is 9.86. The summed E-state index contributed by atoms with van der Waals surface area (Å²) in [6.45, 7) is 8.22. The summed E-state index contributed by atoms with van der Waals surface area (Å²) in [6.07, 6.45) is 3.67. The molecule has 0 bridgehead atoms. The summed E-state index contributed by atoms with van der Waals surface area (Å²) >= 11 is 1.69. The number of carbonyl (C=O) groups excluding carboxylic acids is 2. The Balaban J connectivity index is 2.00. The van der Waals surface area contributed by atoms with Gasteiger partial charge in [0.2, 0.25) is 0 Å². The number of esters is 1. The van der Waals surface area contributed by atoms with Crippen molar-refractivity contribution in [3.63, 3.8) is 0 Å². The van der Waals surface area contributed by atoms with E-state index in [1.807, 2.05) is 57.2 Å². The molecule has 3 unspecified atom stereocenters. The summed E-state index contributed by atoms with van der Waals surface area (Å²) in [5.74, 6) is 0.597. The number of methoxy groups -OCH3 is 2. The number of Topliss-reactive ketones (excluding diaryl/α,β-unsaturated/α-hetero) is 1. The van der Waals surface area contributed by atoms with Gasteiger partial charge in [-0.25, -0.2) is 0 Å². The Morgan fingerprint density at radius 1 is 1.09 bits per heavy atom. The highest BCUT2D eigenvalue weighted by molar-refractivity contribution is 8.00. The zero-order valence-corrected chi connectivity index (χ0v) is 21.5. The molecule has 0 amide bonds. The van der Waals surface area contributed by atoms with Gasteiger partial charge in [0.15, 0.2) is 5.78 Å². The fraction of sp³-hybridized carbons (Fsp3) is 0.500. The molecular weight excluding hydrogens is 432 g/mol. The number of thioether (sulfide) groups is 1. The lowest BCUT2D eigenvalue weighted by Crippen LogP contribution is -2.45. The van der Waals surface area contributed by atoms with Crippen LogP contribution >= 0.6 is 11.8 Å². The molecule has 1 fully saturated rings. The average Bonchev–Trinajstić information content (AvgIpc) is 2.79. The van der Waals surface area contributed by atoms with E-state index in [2.05, 4.69) is 6.92 Å². The van der Waals surface area contributed by atoms with Crippen LogP contribution in [0, 0.1) is 26.7 Å². The number of hydrogen-bond acceptors (Lipinski definition) is 5. The van der Waals surface area contributed by atoms with Crippen molar-refractivity contribution < 1.29 is 19.1 Å². The molecular formula is C28H36O4S. The Kier molecular flexibility index (Phi) is 8.28. The van der Waals surface area contributed by atoms with Gasteiger partial charge in [-0.3, -0.25) is 9.59 Å². The quantitative estimate of drug-likeness (QED) is 0.335. The van der Waals surface area contributed by atoms with E-state index in [1.165, 1.54) is 7.11 Å². The molecule has 1 aliphatic carbocycles. The van der Waals surface area contributed by atoms with Crippen molar-refractivity contribution in [3.8, 4) is 5.75 Å². The highest BCUT2D eigenvalue weighted by atomic mass is 32.2. The number of rotatable bonds is 8. The molecule has 2 aromatic carbocycles. The maximum Gasteiger partial charge on any atom is 0.320 e. The lowest BCUT2D eigenvalue weighted by atomic mass is 9.73. The van der Waals surface area contributed by atoms with Gasteiger partial charge < -0.3 is 9.47 Å². The van der Waals surface area contributed by atoms with Crippen molar-refractivity contribution in [1.82, 2.24) is 0 Å². The van der Waals surface area contributed by atoms with Gasteiger partial charge in [-0.2, -0.15) is 0 Å². The zero-order chi connectivity index (χ0) is 24.2. The van der Waals surface area contributed by atoms with Gasteiger partial charge in [-0.1, -0.05) is 49.6 Å². The van der Waals surface area contributed by atoms with Crippen LogP contribution in [0.2, 0.25) is 0 Å². The largest absolute Gasteiger partial charge is 0.497 e. The predicted molar refractivity (Wildman–Crippen MR) is 135 cm³/mol. The second-order valence-electron chi connectivity index (χ2n) is 9.47. The fourth-order valence-corrected chi connectivity index (χ4v) is 6.84. The first-order valence-electron chi connectivity index (χ1n) is 11.7. The summed E-state index contributed by atoms with van der Waals surface area (Å²) in [6, 6.07) is 12.1. The first-order valence-corrected chi connectivity index (χ1v) is 12.7. The van der Waals surface area contributed by atoms with Gasteiger partial charge in [0, 0.05) is 5.75 Å². The van der Waals surface area contributed by atoms with E-state index < -0.39 is 16.6 Å². The van der Waals surface area contributed by atoms with Crippen LogP contribution in [0.25, 0.3) is 0 Å². The van der Waals surface area contributed by atoms with Crippen molar-refractivity contribution in [3.05, 3.63) is 64.2 Å². The minimum atomic E-state index is -0.899. The van der Waals surface area contributed by atoms with Crippen LogP contribution in [0.3, 0.4) is 0 Å². The van der Waals surface area contributed by atoms with Gasteiger partial charge in [-0.05, 0) is 73.9 Å². The highest BCUT2D eigenvalue weighted by Gasteiger charge is 2.48. The van der Waals surface area contributed by atoms with E-state index in [0.29, 0.717) is 11.7 Å². The molecule has 3 rings (SSSR count). The average molecular weight is 469 g/mol. The second kappa shape index (κ2) is 10.8. The Hall–Kier alpha value is -2.27. The Bertz CT molecular complexity index is 974. The molecule has 33 heavy (non-hydrogen) atoms. The van der Waals surface area contributed by atoms with E-state index in [4.69, 9.17) is 9.47 Å². The van der Waals surface area contributed by atoms with Gasteiger partial charge in [0.05, 0.1) is 19.0 Å². The molecule has 1 saturated carbocycles. The molecule has 2 aromatic rings. The van der Waals surface area contributed by atoms with Gasteiger partial charge in [0.1, 0.15) is 11.7 Å². The van der Waals surface area contributed by atoms with Crippen molar-refractivity contribution in [2.24, 2.45) is 5.92 Å². The van der Waals surface area contributed by atoms with E-state index >= 15 is 0 Å². The van der Waals surface area contributed by atoms with Gasteiger partial charge >= 0.3 is 5.97 Å². The second-order valence-corrected chi connectivity index (χ2v) is 10.8. The normalized spacial score (nSPS) is 21.3. The lowest BCUT2D eigenvalue weighted by molar-refractivity contribution is -0.146. The summed E-state index contributed by atoms with van der Waals surface area (Å²) in [5, 5.41) is 0. The minimum absolute atomic E-state index is 0.00513. The third-order valence-corrected chi connectivity index (χ3v) is 8.41. The Morgan fingerprint density at radius 2 is 1.73 bits per heavy atom. The molecule has 5 heteroatoms. The molecule has 0 heterocycles. The zero-order valence-electron chi connectivity index (χ0n) is 20.7. The number of hydrogen-bond donors (Lipinski definition) is 0. The predicted octanol–water partition coefficient (Wildman–Crippen LogP) is 6.33. The lowest BCUT2D eigenvalue weighted by Gasteiger charge is -2.40. The van der Waals surface area contributed by atoms with E-state index in [0.717, 1.165) is 59.3 Å². The maximum absolute atomic E-state index is 14.3. The summed E-state index contributed by atoms with van der Waals surface area (Å²) in [4.78, 5) is 27.4. The summed E-state index contributed by atoms with van der Waals surface area (Å²) in [5.41, 5.74) is 5.01. The molecule has 0 radical (unpaired) electrons.